The molecule has 0 bridgehead atoms. The second-order valence-corrected chi connectivity index (χ2v) is 6.59. The maximum absolute atomic E-state index is 9.93. The Kier molecular flexibility index (Phi) is 4.01. The SMILES string of the molecule is CCN=C1NC2C(S1)SC(CO)C(O)C2O. The molecule has 0 aromatic rings. The molecule has 2 saturated heterocycles. The first-order valence-electron chi connectivity index (χ1n) is 5.27. The lowest BCUT2D eigenvalue weighted by atomic mass is 10.0. The molecule has 2 rings (SSSR count). The molecule has 92 valence electrons. The number of nitrogens with zero attached hydrogens (tertiary/aromatic N) is 1. The molecular weight excluding hydrogens is 248 g/mol. The third-order valence-corrected chi connectivity index (χ3v) is 5.66. The smallest absolute Gasteiger partial charge is 0.158 e. The van der Waals surface area contributed by atoms with Crippen LogP contribution in [0.25, 0.3) is 0 Å². The van der Waals surface area contributed by atoms with Gasteiger partial charge in [0, 0.05) is 6.54 Å². The molecule has 2 aliphatic rings. The zero-order valence-electron chi connectivity index (χ0n) is 8.91. The molecule has 7 heteroatoms. The molecule has 2 heterocycles. The van der Waals surface area contributed by atoms with Crippen LogP contribution in [0.3, 0.4) is 0 Å². The Labute approximate surface area is 103 Å². The Balaban J connectivity index is 2.10. The lowest BCUT2D eigenvalue weighted by Gasteiger charge is -2.37. The van der Waals surface area contributed by atoms with E-state index >= 15 is 0 Å². The Morgan fingerprint density at radius 2 is 2.12 bits per heavy atom. The average molecular weight is 264 g/mol. The van der Waals surface area contributed by atoms with E-state index in [1.54, 1.807) is 11.8 Å². The van der Waals surface area contributed by atoms with E-state index in [4.69, 9.17) is 5.11 Å². The summed E-state index contributed by atoms with van der Waals surface area (Å²) in [7, 11) is 0. The van der Waals surface area contributed by atoms with Crippen molar-refractivity contribution in [3.8, 4) is 0 Å². The van der Waals surface area contributed by atoms with Gasteiger partial charge >= 0.3 is 0 Å². The Morgan fingerprint density at radius 1 is 1.38 bits per heavy atom. The van der Waals surface area contributed by atoms with E-state index in [0.717, 1.165) is 5.17 Å². The predicted molar refractivity (Wildman–Crippen MR) is 66.8 cm³/mol. The van der Waals surface area contributed by atoms with Gasteiger partial charge in [-0.1, -0.05) is 11.8 Å². The van der Waals surface area contributed by atoms with Crippen LogP contribution in [-0.2, 0) is 0 Å². The molecule has 0 aliphatic carbocycles. The molecule has 2 fully saturated rings. The van der Waals surface area contributed by atoms with Gasteiger partial charge in [0.2, 0.25) is 0 Å². The van der Waals surface area contributed by atoms with Crippen molar-refractivity contribution in [1.29, 1.82) is 0 Å². The van der Waals surface area contributed by atoms with Crippen molar-refractivity contribution < 1.29 is 15.3 Å². The summed E-state index contributed by atoms with van der Waals surface area (Å²) in [6, 6.07) is -0.182. The van der Waals surface area contributed by atoms with Gasteiger partial charge in [-0.05, 0) is 6.92 Å². The molecule has 5 nitrogen and oxygen atoms in total. The number of aliphatic imine (C=N–C) groups is 1. The highest BCUT2D eigenvalue weighted by Crippen LogP contribution is 2.42. The Morgan fingerprint density at radius 3 is 2.75 bits per heavy atom. The number of aliphatic hydroxyl groups is 3. The molecule has 0 aromatic carbocycles. The zero-order valence-corrected chi connectivity index (χ0v) is 10.5. The number of thioether (sulfide) groups is 2. The van der Waals surface area contributed by atoms with E-state index in [1.807, 2.05) is 6.92 Å². The van der Waals surface area contributed by atoms with Gasteiger partial charge in [0.1, 0.15) is 6.10 Å². The van der Waals surface area contributed by atoms with Crippen molar-refractivity contribution in [3.05, 3.63) is 0 Å². The molecule has 16 heavy (non-hydrogen) atoms. The number of fused-ring (bicyclic) bond motifs is 1. The lowest BCUT2D eigenvalue weighted by Crippen LogP contribution is -2.56. The van der Waals surface area contributed by atoms with Gasteiger partial charge in [0.05, 0.1) is 28.6 Å². The fourth-order valence-electron chi connectivity index (χ4n) is 1.85. The van der Waals surface area contributed by atoms with Gasteiger partial charge in [-0.15, -0.1) is 11.8 Å². The quantitative estimate of drug-likeness (QED) is 0.524. The number of rotatable bonds is 2. The Bertz CT molecular complexity index is 290. The highest BCUT2D eigenvalue weighted by molar-refractivity contribution is 8.25. The van der Waals surface area contributed by atoms with Crippen molar-refractivity contribution in [2.24, 2.45) is 4.99 Å². The van der Waals surface area contributed by atoms with Crippen LogP contribution in [0.5, 0.6) is 0 Å². The van der Waals surface area contributed by atoms with Gasteiger partial charge in [0.25, 0.3) is 0 Å². The molecule has 5 unspecified atom stereocenters. The van der Waals surface area contributed by atoms with Crippen molar-refractivity contribution >= 4 is 28.7 Å². The monoisotopic (exact) mass is 264 g/mol. The van der Waals surface area contributed by atoms with Crippen LogP contribution in [0.4, 0.5) is 0 Å². The largest absolute Gasteiger partial charge is 0.395 e. The number of hydrogen-bond acceptors (Lipinski definition) is 6. The summed E-state index contributed by atoms with van der Waals surface area (Å²) in [5.74, 6) is 0. The van der Waals surface area contributed by atoms with Gasteiger partial charge in [-0.25, -0.2) is 0 Å². The van der Waals surface area contributed by atoms with Crippen LogP contribution in [0, 0.1) is 0 Å². The second kappa shape index (κ2) is 5.14. The summed E-state index contributed by atoms with van der Waals surface area (Å²) < 4.78 is 0.112. The minimum absolute atomic E-state index is 0.112. The van der Waals surface area contributed by atoms with Crippen molar-refractivity contribution in [2.45, 2.75) is 35.0 Å². The number of hydrogen-bond donors (Lipinski definition) is 4. The lowest BCUT2D eigenvalue weighted by molar-refractivity contribution is -0.00916. The van der Waals surface area contributed by atoms with Crippen LogP contribution in [0.1, 0.15) is 6.92 Å². The summed E-state index contributed by atoms with van der Waals surface area (Å²) in [6.07, 6.45) is -1.73. The fourth-order valence-corrected chi connectivity index (χ4v) is 4.93. The first kappa shape index (κ1) is 12.5. The van der Waals surface area contributed by atoms with Crippen LogP contribution in [0.15, 0.2) is 4.99 Å². The summed E-state index contributed by atoms with van der Waals surface area (Å²) in [5.41, 5.74) is 0. The summed E-state index contributed by atoms with van der Waals surface area (Å²) >= 11 is 3.07. The normalized spacial score (nSPS) is 45.5. The molecule has 0 radical (unpaired) electrons. The predicted octanol–water partition coefficient (Wildman–Crippen LogP) is -0.777. The second-order valence-electron chi connectivity index (χ2n) is 3.77. The molecule has 0 amide bonds. The fraction of sp³-hybridized carbons (Fsp3) is 0.889. The highest BCUT2D eigenvalue weighted by atomic mass is 32.2. The van der Waals surface area contributed by atoms with Crippen molar-refractivity contribution in [2.75, 3.05) is 13.2 Å². The van der Waals surface area contributed by atoms with E-state index in [-0.39, 0.29) is 22.5 Å². The maximum Gasteiger partial charge on any atom is 0.158 e. The topological polar surface area (TPSA) is 85.1 Å². The molecule has 0 saturated carbocycles. The molecule has 5 atom stereocenters. The standard InChI is InChI=1S/C9H16N2O3S2/c1-2-10-9-11-5-7(14)6(13)4(3-12)15-8(5)16-9/h4-8,12-14H,2-3H2,1H3,(H,10,11). The molecule has 0 spiro atoms. The van der Waals surface area contributed by atoms with E-state index in [0.29, 0.717) is 6.54 Å². The van der Waals surface area contributed by atoms with Gasteiger partial charge in [0.15, 0.2) is 5.17 Å². The van der Waals surface area contributed by atoms with E-state index < -0.39 is 12.2 Å². The molecular formula is C9H16N2O3S2. The number of aliphatic hydroxyl groups excluding tert-OH is 3. The third kappa shape index (κ3) is 2.19. The van der Waals surface area contributed by atoms with Crippen LogP contribution >= 0.6 is 23.5 Å². The summed E-state index contributed by atoms with van der Waals surface area (Å²) in [4.78, 5) is 4.26. The van der Waals surface area contributed by atoms with Crippen LogP contribution < -0.4 is 5.32 Å². The first-order chi connectivity index (χ1) is 7.67. The first-order valence-corrected chi connectivity index (χ1v) is 7.09. The third-order valence-electron chi connectivity index (χ3n) is 2.70. The number of amidine groups is 1. The average Bonchev–Trinajstić information content (AvgIpc) is 2.67. The highest BCUT2D eigenvalue weighted by Gasteiger charge is 2.48. The van der Waals surface area contributed by atoms with Gasteiger partial charge in [-0.2, -0.15) is 0 Å². The van der Waals surface area contributed by atoms with E-state index in [2.05, 4.69) is 10.3 Å². The Hall–Kier alpha value is 0.0500. The van der Waals surface area contributed by atoms with Gasteiger partial charge < -0.3 is 20.6 Å². The zero-order chi connectivity index (χ0) is 11.7. The van der Waals surface area contributed by atoms with Gasteiger partial charge in [-0.3, -0.25) is 4.99 Å². The maximum atomic E-state index is 9.93. The molecule has 4 N–H and O–H groups in total. The van der Waals surface area contributed by atoms with Crippen LogP contribution in [0.2, 0.25) is 0 Å². The van der Waals surface area contributed by atoms with E-state index in [9.17, 15) is 10.2 Å². The molecule has 2 aliphatic heterocycles. The molecule has 0 aromatic heterocycles. The van der Waals surface area contributed by atoms with Crippen LogP contribution in [-0.4, -0.2) is 61.7 Å². The summed E-state index contributed by atoms with van der Waals surface area (Å²) in [5, 5.41) is 32.4. The van der Waals surface area contributed by atoms with E-state index in [1.165, 1.54) is 11.8 Å². The minimum atomic E-state index is -0.884. The minimum Gasteiger partial charge on any atom is -0.395 e. The number of nitrogens with one attached hydrogen (secondary N) is 1. The van der Waals surface area contributed by atoms with Crippen molar-refractivity contribution in [1.82, 2.24) is 5.32 Å². The summed E-state index contributed by atoms with van der Waals surface area (Å²) in [6.45, 7) is 2.53. The van der Waals surface area contributed by atoms with Crippen molar-refractivity contribution in [3.63, 3.8) is 0 Å².